The first-order chi connectivity index (χ1) is 9.15. The summed E-state index contributed by atoms with van der Waals surface area (Å²) in [7, 11) is 0. The number of carboxylic acid groups (broad SMARTS) is 1. The van der Waals surface area contributed by atoms with E-state index >= 15 is 0 Å². The Kier molecular flexibility index (Phi) is 4.17. The van der Waals surface area contributed by atoms with Gasteiger partial charge in [-0.2, -0.15) is 5.10 Å². The third-order valence-electron chi connectivity index (χ3n) is 2.90. The molecule has 0 aromatic carbocycles. The highest BCUT2D eigenvalue weighted by Crippen LogP contribution is 2.17. The normalized spacial score (nSPS) is 21.3. The van der Waals surface area contributed by atoms with Gasteiger partial charge in [-0.05, 0) is 12.5 Å². The zero-order valence-corrected chi connectivity index (χ0v) is 10.3. The summed E-state index contributed by atoms with van der Waals surface area (Å²) in [5.74, 6) is -1.37. The molecule has 2 unspecified atom stereocenters. The molecule has 102 valence electrons. The molecule has 2 atom stereocenters. The summed E-state index contributed by atoms with van der Waals surface area (Å²) in [4.78, 5) is 22.3. The monoisotopic (exact) mass is 264 g/mol. The van der Waals surface area contributed by atoms with Crippen molar-refractivity contribution in [1.82, 2.24) is 20.4 Å². The van der Waals surface area contributed by atoms with Crippen molar-refractivity contribution in [2.24, 2.45) is 5.92 Å². The highest BCUT2D eigenvalue weighted by Gasteiger charge is 2.25. The van der Waals surface area contributed by atoms with Crippen LogP contribution in [0.1, 0.15) is 6.42 Å². The van der Waals surface area contributed by atoms with Gasteiger partial charge in [0.2, 0.25) is 0 Å². The molecule has 7 heteroatoms. The zero-order valence-electron chi connectivity index (χ0n) is 10.3. The van der Waals surface area contributed by atoms with Gasteiger partial charge in [0, 0.05) is 18.9 Å². The summed E-state index contributed by atoms with van der Waals surface area (Å²) in [5.41, 5.74) is 0. The molecular weight excluding hydrogens is 248 g/mol. The van der Waals surface area contributed by atoms with Crippen LogP contribution < -0.4 is 10.6 Å². The maximum absolute atomic E-state index is 11.6. The summed E-state index contributed by atoms with van der Waals surface area (Å²) in [5, 5.41) is 18.3. The average molecular weight is 264 g/mol. The van der Waals surface area contributed by atoms with E-state index < -0.39 is 11.9 Å². The molecule has 1 aromatic rings. The smallest absolute Gasteiger partial charge is 0.315 e. The summed E-state index contributed by atoms with van der Waals surface area (Å²) in [6.07, 6.45) is 7.22. The van der Waals surface area contributed by atoms with Crippen molar-refractivity contribution >= 4 is 12.0 Å². The van der Waals surface area contributed by atoms with Gasteiger partial charge < -0.3 is 15.7 Å². The molecule has 1 aromatic heterocycles. The number of carbonyl (C=O) groups excluding carboxylic acids is 1. The van der Waals surface area contributed by atoms with E-state index in [4.69, 9.17) is 5.11 Å². The highest BCUT2D eigenvalue weighted by atomic mass is 16.4. The van der Waals surface area contributed by atoms with Crippen LogP contribution in [0.15, 0.2) is 30.6 Å². The number of nitrogens with one attached hydrogen (secondary N) is 2. The van der Waals surface area contributed by atoms with Crippen molar-refractivity contribution in [1.29, 1.82) is 0 Å². The van der Waals surface area contributed by atoms with Crippen molar-refractivity contribution in [3.63, 3.8) is 0 Å². The van der Waals surface area contributed by atoms with Crippen molar-refractivity contribution in [3.05, 3.63) is 30.6 Å². The standard InChI is InChI=1S/C12H16N4O3/c17-11(18)9-2-3-10(8-9)15-12(19)13-5-7-16-6-1-4-14-16/h1-4,6,9-10H,5,7-8H2,(H,17,18)(H2,13,15,19). The van der Waals surface area contributed by atoms with Crippen molar-refractivity contribution < 1.29 is 14.7 Å². The number of carboxylic acids is 1. The Labute approximate surface area is 110 Å². The lowest BCUT2D eigenvalue weighted by Crippen LogP contribution is -2.42. The van der Waals surface area contributed by atoms with Crippen LogP contribution in [0.25, 0.3) is 0 Å². The van der Waals surface area contributed by atoms with Crippen LogP contribution in [-0.2, 0) is 11.3 Å². The van der Waals surface area contributed by atoms with E-state index in [0.29, 0.717) is 19.5 Å². The first-order valence-electron chi connectivity index (χ1n) is 6.08. The minimum atomic E-state index is -0.861. The van der Waals surface area contributed by atoms with Crippen LogP contribution in [0, 0.1) is 5.92 Å². The number of hydrogen-bond donors (Lipinski definition) is 3. The molecule has 0 radical (unpaired) electrons. The quantitative estimate of drug-likeness (QED) is 0.662. The maximum Gasteiger partial charge on any atom is 0.315 e. The van der Waals surface area contributed by atoms with E-state index in [9.17, 15) is 9.59 Å². The van der Waals surface area contributed by atoms with Crippen LogP contribution >= 0.6 is 0 Å². The van der Waals surface area contributed by atoms with Gasteiger partial charge >= 0.3 is 12.0 Å². The second kappa shape index (κ2) is 6.03. The van der Waals surface area contributed by atoms with Crippen LogP contribution in [0.4, 0.5) is 4.79 Å². The third kappa shape index (κ3) is 3.84. The van der Waals surface area contributed by atoms with Crippen LogP contribution in [0.5, 0.6) is 0 Å². The largest absolute Gasteiger partial charge is 0.481 e. The number of carbonyl (C=O) groups is 2. The van der Waals surface area contributed by atoms with E-state index in [2.05, 4.69) is 15.7 Å². The Hall–Kier alpha value is -2.31. The molecule has 1 heterocycles. The minimum Gasteiger partial charge on any atom is -0.481 e. The molecule has 2 amide bonds. The lowest BCUT2D eigenvalue weighted by molar-refractivity contribution is -0.140. The number of aromatic nitrogens is 2. The fraction of sp³-hybridized carbons (Fsp3) is 0.417. The predicted octanol–water partition coefficient (Wildman–Crippen LogP) is 0.212. The first kappa shape index (κ1) is 13.1. The zero-order chi connectivity index (χ0) is 13.7. The average Bonchev–Trinajstić information content (AvgIpc) is 3.00. The summed E-state index contributed by atoms with van der Waals surface area (Å²) in [6, 6.07) is 1.30. The molecule has 7 nitrogen and oxygen atoms in total. The minimum absolute atomic E-state index is 0.217. The van der Waals surface area contributed by atoms with Crippen molar-refractivity contribution in [3.8, 4) is 0 Å². The molecule has 0 aliphatic heterocycles. The maximum atomic E-state index is 11.6. The molecule has 0 saturated carbocycles. The number of rotatable bonds is 5. The number of aliphatic carboxylic acids is 1. The Bertz CT molecular complexity index is 469. The highest BCUT2D eigenvalue weighted by molar-refractivity contribution is 5.76. The van der Waals surface area contributed by atoms with Gasteiger partial charge in [-0.1, -0.05) is 12.2 Å². The number of hydrogen-bond acceptors (Lipinski definition) is 3. The summed E-state index contributed by atoms with van der Waals surface area (Å²) >= 11 is 0. The van der Waals surface area contributed by atoms with Crippen molar-refractivity contribution in [2.75, 3.05) is 6.54 Å². The Balaban J connectivity index is 1.65. The lowest BCUT2D eigenvalue weighted by atomic mass is 10.1. The summed E-state index contributed by atoms with van der Waals surface area (Å²) in [6.45, 7) is 1.06. The lowest BCUT2D eigenvalue weighted by Gasteiger charge is -2.13. The molecule has 0 saturated heterocycles. The fourth-order valence-electron chi connectivity index (χ4n) is 1.93. The van der Waals surface area contributed by atoms with Gasteiger partial charge in [-0.25, -0.2) is 4.79 Å². The predicted molar refractivity (Wildman–Crippen MR) is 67.4 cm³/mol. The topological polar surface area (TPSA) is 96.3 Å². The molecule has 0 bridgehead atoms. The van der Waals surface area contributed by atoms with Crippen LogP contribution in [0.2, 0.25) is 0 Å². The second-order valence-electron chi connectivity index (χ2n) is 4.34. The molecule has 1 aliphatic rings. The van der Waals surface area contributed by atoms with Crippen LogP contribution in [0.3, 0.4) is 0 Å². The van der Waals surface area contributed by atoms with E-state index in [1.165, 1.54) is 0 Å². The second-order valence-corrected chi connectivity index (χ2v) is 4.34. The van der Waals surface area contributed by atoms with E-state index in [1.54, 1.807) is 23.0 Å². The third-order valence-corrected chi connectivity index (χ3v) is 2.90. The van der Waals surface area contributed by atoms with Gasteiger partial charge in [-0.3, -0.25) is 9.48 Å². The van der Waals surface area contributed by atoms with E-state index in [0.717, 1.165) is 0 Å². The van der Waals surface area contributed by atoms with Gasteiger partial charge in [0.05, 0.1) is 18.5 Å². The Morgan fingerprint density at radius 1 is 1.42 bits per heavy atom. The van der Waals surface area contributed by atoms with Gasteiger partial charge in [0.25, 0.3) is 0 Å². The van der Waals surface area contributed by atoms with Crippen LogP contribution in [-0.4, -0.2) is 39.5 Å². The number of amides is 2. The number of urea groups is 1. The Morgan fingerprint density at radius 2 is 2.26 bits per heavy atom. The van der Waals surface area contributed by atoms with E-state index in [-0.39, 0.29) is 12.1 Å². The van der Waals surface area contributed by atoms with Gasteiger partial charge in [-0.15, -0.1) is 0 Å². The molecule has 3 N–H and O–H groups in total. The molecule has 1 aliphatic carbocycles. The molecule has 0 spiro atoms. The first-order valence-corrected chi connectivity index (χ1v) is 6.08. The molecular formula is C12H16N4O3. The molecule has 2 rings (SSSR count). The fourth-order valence-corrected chi connectivity index (χ4v) is 1.93. The molecule has 19 heavy (non-hydrogen) atoms. The Morgan fingerprint density at radius 3 is 2.89 bits per heavy atom. The SMILES string of the molecule is O=C(NCCn1cccn1)NC1C=CC(C(=O)O)C1. The van der Waals surface area contributed by atoms with E-state index in [1.807, 2.05) is 12.3 Å². The molecule has 0 fully saturated rings. The van der Waals surface area contributed by atoms with Crippen molar-refractivity contribution in [2.45, 2.75) is 19.0 Å². The summed E-state index contributed by atoms with van der Waals surface area (Å²) < 4.78 is 1.72. The number of nitrogens with zero attached hydrogens (tertiary/aromatic N) is 2. The van der Waals surface area contributed by atoms with Gasteiger partial charge in [0.1, 0.15) is 0 Å². The van der Waals surface area contributed by atoms with Gasteiger partial charge in [0.15, 0.2) is 0 Å².